The molecule has 3 aliphatic rings. The average molecular weight is 535 g/mol. The fourth-order valence-corrected chi connectivity index (χ4v) is 9.86. The zero-order chi connectivity index (χ0) is 27.0. The van der Waals surface area contributed by atoms with E-state index in [1.165, 1.54) is 75.1 Å². The Hall–Kier alpha value is -3.55. The largest absolute Gasteiger partial charge is 0.118 e. The van der Waals surface area contributed by atoms with E-state index < -0.39 is 0 Å². The maximum atomic E-state index is 2.53. The summed E-state index contributed by atoms with van der Waals surface area (Å²) in [5, 5.41) is 0. The van der Waals surface area contributed by atoms with Gasteiger partial charge in [-0.1, -0.05) is 123 Å². The van der Waals surface area contributed by atoms with Crippen molar-refractivity contribution in [2.45, 2.75) is 60.0 Å². The Morgan fingerprint density at radius 3 is 1.88 bits per heavy atom. The van der Waals surface area contributed by atoms with Gasteiger partial charge in [0.2, 0.25) is 0 Å². The van der Waals surface area contributed by atoms with Crippen LogP contribution in [0.25, 0.3) is 22.3 Å². The highest BCUT2D eigenvalue weighted by Gasteiger charge is 2.53. The van der Waals surface area contributed by atoms with Crippen LogP contribution in [0.2, 0.25) is 0 Å². The second-order valence-corrected chi connectivity index (χ2v) is 13.9. The third-order valence-corrected chi connectivity index (χ3v) is 12.1. The van der Waals surface area contributed by atoms with Gasteiger partial charge >= 0.3 is 0 Å². The molecule has 0 bridgehead atoms. The van der Waals surface area contributed by atoms with Gasteiger partial charge in [-0.05, 0) is 88.0 Å². The molecule has 1 saturated carbocycles. The Morgan fingerprint density at radius 1 is 0.525 bits per heavy atom. The highest BCUT2D eigenvalue weighted by Crippen LogP contribution is 2.63. The van der Waals surface area contributed by atoms with Gasteiger partial charge in [0.25, 0.3) is 0 Å². The smallest absolute Gasteiger partial charge is 0.0713 e. The first-order valence-corrected chi connectivity index (χ1v) is 15.6. The molecule has 0 aromatic heterocycles. The van der Waals surface area contributed by atoms with Crippen LogP contribution in [-0.4, -0.2) is 4.75 Å². The molecular weight excluding hydrogens is 500 g/mol. The molecule has 5 aromatic rings. The van der Waals surface area contributed by atoms with E-state index in [0.717, 1.165) is 0 Å². The van der Waals surface area contributed by atoms with Gasteiger partial charge < -0.3 is 0 Å². The van der Waals surface area contributed by atoms with Crippen LogP contribution in [0.5, 0.6) is 0 Å². The molecule has 0 amide bonds. The monoisotopic (exact) mass is 534 g/mol. The molecule has 0 spiro atoms. The summed E-state index contributed by atoms with van der Waals surface area (Å²) in [5.41, 5.74) is 12.2. The van der Waals surface area contributed by atoms with Crippen molar-refractivity contribution < 1.29 is 0 Å². The molecule has 5 aromatic carbocycles. The lowest BCUT2D eigenvalue weighted by Gasteiger charge is -2.45. The van der Waals surface area contributed by atoms with Gasteiger partial charge in [-0.2, -0.15) is 0 Å². The summed E-state index contributed by atoms with van der Waals surface area (Å²) in [6.45, 7) is 5.04. The summed E-state index contributed by atoms with van der Waals surface area (Å²) in [4.78, 5) is 1.49. The highest BCUT2D eigenvalue weighted by atomic mass is 32.2. The first-order chi connectivity index (χ1) is 19.5. The minimum Gasteiger partial charge on any atom is -0.118 e. The second kappa shape index (κ2) is 8.72. The first kappa shape index (κ1) is 24.3. The molecule has 1 aliphatic heterocycles. The quantitative estimate of drug-likeness (QED) is 0.218. The maximum absolute atomic E-state index is 2.53. The predicted octanol–water partition coefficient (Wildman–Crippen LogP) is 10.4. The molecule has 196 valence electrons. The minimum atomic E-state index is -0.334. The summed E-state index contributed by atoms with van der Waals surface area (Å²) >= 11 is 2.13. The molecule has 0 radical (unpaired) electrons. The van der Waals surface area contributed by atoms with Gasteiger partial charge in [0, 0.05) is 15.1 Å². The fourth-order valence-electron chi connectivity index (χ4n) is 8.17. The topological polar surface area (TPSA) is 0 Å². The van der Waals surface area contributed by atoms with Crippen LogP contribution in [0.1, 0.15) is 67.3 Å². The summed E-state index contributed by atoms with van der Waals surface area (Å²) in [7, 11) is 0. The van der Waals surface area contributed by atoms with Gasteiger partial charge in [-0.3, -0.25) is 0 Å². The zero-order valence-electron chi connectivity index (χ0n) is 23.3. The van der Waals surface area contributed by atoms with Crippen molar-refractivity contribution >= 4 is 11.8 Å². The van der Waals surface area contributed by atoms with Gasteiger partial charge in [-0.25, -0.2) is 0 Å². The van der Waals surface area contributed by atoms with Crippen molar-refractivity contribution in [2.24, 2.45) is 0 Å². The summed E-state index contributed by atoms with van der Waals surface area (Å²) in [6.07, 6.45) is 5.30. The van der Waals surface area contributed by atoms with Gasteiger partial charge in [0.15, 0.2) is 0 Å². The zero-order valence-corrected chi connectivity index (χ0v) is 24.1. The molecule has 2 atom stereocenters. The lowest BCUT2D eigenvalue weighted by atomic mass is 9.64. The van der Waals surface area contributed by atoms with Crippen molar-refractivity contribution in [2.75, 3.05) is 0 Å². The summed E-state index contributed by atoms with van der Waals surface area (Å²) < 4.78 is 0.314. The third kappa shape index (κ3) is 3.16. The molecule has 2 aliphatic carbocycles. The van der Waals surface area contributed by atoms with E-state index in [4.69, 9.17) is 0 Å². The van der Waals surface area contributed by atoms with Crippen molar-refractivity contribution in [1.29, 1.82) is 0 Å². The highest BCUT2D eigenvalue weighted by molar-refractivity contribution is 8.01. The molecule has 1 fully saturated rings. The Bertz CT molecular complexity index is 1710. The van der Waals surface area contributed by atoms with Crippen molar-refractivity contribution in [3.05, 3.63) is 149 Å². The number of thioether (sulfide) groups is 1. The van der Waals surface area contributed by atoms with E-state index in [9.17, 15) is 0 Å². The number of fused-ring (bicyclic) bond motifs is 6. The molecule has 40 heavy (non-hydrogen) atoms. The Morgan fingerprint density at radius 2 is 1.12 bits per heavy atom. The molecule has 0 N–H and O–H groups in total. The van der Waals surface area contributed by atoms with E-state index in [1.54, 1.807) is 5.56 Å². The molecule has 0 nitrogen and oxygen atoms in total. The number of hydrogen-bond donors (Lipinski definition) is 0. The Balaban J connectivity index is 1.34. The fraction of sp³-hybridized carbons (Fsp3) is 0.231. The maximum Gasteiger partial charge on any atom is 0.0713 e. The van der Waals surface area contributed by atoms with Crippen LogP contribution in [-0.2, 0) is 10.8 Å². The van der Waals surface area contributed by atoms with Gasteiger partial charge in [0.05, 0.1) is 5.41 Å². The minimum absolute atomic E-state index is 0.250. The lowest BCUT2D eigenvalue weighted by Crippen LogP contribution is -2.43. The molecule has 2 unspecified atom stereocenters. The SMILES string of the molecule is CC12CCCCC1(C)c1cc(-c3ccc4c(c3)-c3ccccc3C4(c3ccccc3)c3ccccc3)ccc1S2. The third-order valence-electron chi connectivity index (χ3n) is 10.4. The van der Waals surface area contributed by atoms with E-state index in [1.807, 2.05) is 0 Å². The van der Waals surface area contributed by atoms with E-state index in [2.05, 4.69) is 147 Å². The normalized spacial score (nSPS) is 23.6. The summed E-state index contributed by atoms with van der Waals surface area (Å²) in [5.74, 6) is 0. The van der Waals surface area contributed by atoms with E-state index in [-0.39, 0.29) is 10.8 Å². The second-order valence-electron chi connectivity index (χ2n) is 12.4. The predicted molar refractivity (Wildman–Crippen MR) is 169 cm³/mol. The number of rotatable bonds is 3. The van der Waals surface area contributed by atoms with Crippen LogP contribution < -0.4 is 0 Å². The first-order valence-electron chi connectivity index (χ1n) is 14.7. The average Bonchev–Trinajstić information content (AvgIpc) is 3.43. The lowest BCUT2D eigenvalue weighted by molar-refractivity contribution is 0.260. The van der Waals surface area contributed by atoms with Gasteiger partial charge in [-0.15, -0.1) is 11.8 Å². The van der Waals surface area contributed by atoms with Crippen LogP contribution in [0, 0.1) is 0 Å². The Kier molecular flexibility index (Phi) is 5.29. The van der Waals surface area contributed by atoms with Crippen molar-refractivity contribution in [3.63, 3.8) is 0 Å². The van der Waals surface area contributed by atoms with Crippen molar-refractivity contribution in [1.82, 2.24) is 0 Å². The van der Waals surface area contributed by atoms with E-state index >= 15 is 0 Å². The number of benzene rings is 5. The summed E-state index contributed by atoms with van der Waals surface area (Å²) in [6, 6.07) is 45.8. The molecule has 0 saturated heterocycles. The van der Waals surface area contributed by atoms with Crippen molar-refractivity contribution in [3.8, 4) is 22.3 Å². The molecule has 1 heterocycles. The Labute approximate surface area is 242 Å². The van der Waals surface area contributed by atoms with Crippen LogP contribution >= 0.6 is 11.8 Å². The van der Waals surface area contributed by atoms with Crippen LogP contribution in [0.3, 0.4) is 0 Å². The van der Waals surface area contributed by atoms with Gasteiger partial charge in [0.1, 0.15) is 0 Å². The molecular formula is C39H34S. The standard InChI is InChI=1S/C39H34S/c1-37-23-11-12-24-38(37,2)40-36-22-20-28(26-35(36)37)27-19-21-34-32(25-27)31-17-9-10-18-33(31)39(34,29-13-5-3-6-14-29)30-15-7-4-8-16-30/h3-10,13-22,25-26H,11-12,23-24H2,1-2H3. The molecule has 8 rings (SSSR count). The molecule has 1 heteroatoms. The van der Waals surface area contributed by atoms with E-state index in [0.29, 0.717) is 4.75 Å². The van der Waals surface area contributed by atoms with Crippen LogP contribution in [0.15, 0.2) is 126 Å². The van der Waals surface area contributed by atoms with Crippen LogP contribution in [0.4, 0.5) is 0 Å². The number of hydrogen-bond acceptors (Lipinski definition) is 1.